The van der Waals surface area contributed by atoms with Crippen molar-refractivity contribution in [1.29, 1.82) is 0 Å². The van der Waals surface area contributed by atoms with Crippen LogP contribution in [0.3, 0.4) is 0 Å². The van der Waals surface area contributed by atoms with Crippen molar-refractivity contribution in [3.05, 3.63) is 54.6 Å². The molecule has 146 valence electrons. The fourth-order valence-electron chi connectivity index (χ4n) is 3.40. The normalized spacial score (nSPS) is 22.1. The van der Waals surface area contributed by atoms with Crippen molar-refractivity contribution in [2.45, 2.75) is 18.6 Å². The highest BCUT2D eigenvalue weighted by molar-refractivity contribution is 5.97. The maximum atomic E-state index is 12.4. The van der Waals surface area contributed by atoms with E-state index in [0.717, 1.165) is 18.0 Å². The molecule has 2 atom stereocenters. The average molecular weight is 381 g/mol. The molecule has 2 amide bonds. The van der Waals surface area contributed by atoms with Gasteiger partial charge in [0.1, 0.15) is 17.6 Å². The van der Waals surface area contributed by atoms with E-state index in [1.807, 2.05) is 54.6 Å². The molecule has 2 saturated heterocycles. The summed E-state index contributed by atoms with van der Waals surface area (Å²) < 4.78 is 11.2. The Bertz CT molecular complexity index is 819. The summed E-state index contributed by atoms with van der Waals surface area (Å²) in [4.78, 5) is 26.4. The number of nitrogens with zero attached hydrogens (tertiary/aromatic N) is 1. The molecule has 2 aromatic carbocycles. The van der Waals surface area contributed by atoms with E-state index in [4.69, 9.17) is 9.47 Å². The molecule has 2 aliphatic heterocycles. The van der Waals surface area contributed by atoms with Gasteiger partial charge in [-0.25, -0.2) is 0 Å². The van der Waals surface area contributed by atoms with Gasteiger partial charge in [0.15, 0.2) is 0 Å². The molecule has 4 rings (SSSR count). The van der Waals surface area contributed by atoms with Gasteiger partial charge < -0.3 is 25.0 Å². The van der Waals surface area contributed by atoms with E-state index >= 15 is 0 Å². The fraction of sp³-hybridized carbons (Fsp3) is 0.333. The second-order valence-corrected chi connectivity index (χ2v) is 6.89. The summed E-state index contributed by atoms with van der Waals surface area (Å²) >= 11 is 0. The summed E-state index contributed by atoms with van der Waals surface area (Å²) in [7, 11) is 0. The highest BCUT2D eigenvalue weighted by atomic mass is 16.5. The van der Waals surface area contributed by atoms with Crippen LogP contribution in [-0.2, 0) is 14.3 Å². The molecule has 7 nitrogen and oxygen atoms in total. The number of hydrogen-bond donors (Lipinski definition) is 2. The zero-order chi connectivity index (χ0) is 19.3. The van der Waals surface area contributed by atoms with Gasteiger partial charge in [0.25, 0.3) is 5.91 Å². The SMILES string of the molecule is O=C(NC1CC(=O)N(c2ccc(Oc3ccccc3)cc2)C1)C1CNCCO1. The van der Waals surface area contributed by atoms with Crippen LogP contribution in [-0.4, -0.2) is 50.2 Å². The number of rotatable bonds is 5. The van der Waals surface area contributed by atoms with Crippen molar-refractivity contribution < 1.29 is 19.1 Å². The van der Waals surface area contributed by atoms with Crippen molar-refractivity contribution in [3.63, 3.8) is 0 Å². The predicted octanol–water partition coefficient (Wildman–Crippen LogP) is 1.69. The standard InChI is InChI=1S/C21H23N3O4/c25-20-12-15(23-21(26)19-13-22-10-11-27-19)14-24(20)16-6-8-18(9-7-16)28-17-4-2-1-3-5-17/h1-9,15,19,22H,10-14H2,(H,23,26). The van der Waals surface area contributed by atoms with E-state index in [1.165, 1.54) is 0 Å². The van der Waals surface area contributed by atoms with Gasteiger partial charge in [0.05, 0.1) is 12.6 Å². The van der Waals surface area contributed by atoms with Gasteiger partial charge in [-0.2, -0.15) is 0 Å². The molecule has 0 spiro atoms. The Morgan fingerprint density at radius 1 is 1.11 bits per heavy atom. The van der Waals surface area contributed by atoms with E-state index in [1.54, 1.807) is 4.90 Å². The molecule has 0 radical (unpaired) electrons. The molecule has 2 aliphatic rings. The van der Waals surface area contributed by atoms with E-state index in [0.29, 0.717) is 25.4 Å². The zero-order valence-electron chi connectivity index (χ0n) is 15.5. The Hall–Kier alpha value is -2.90. The molecule has 2 N–H and O–H groups in total. The summed E-state index contributed by atoms with van der Waals surface area (Å²) in [6.45, 7) is 2.22. The van der Waals surface area contributed by atoms with Gasteiger partial charge in [-0.3, -0.25) is 9.59 Å². The number of benzene rings is 2. The minimum Gasteiger partial charge on any atom is -0.457 e. The van der Waals surface area contributed by atoms with Crippen LogP contribution in [0.15, 0.2) is 54.6 Å². The van der Waals surface area contributed by atoms with Crippen molar-refractivity contribution in [2.75, 3.05) is 31.1 Å². The number of para-hydroxylation sites is 1. The highest BCUT2D eigenvalue weighted by Gasteiger charge is 2.33. The van der Waals surface area contributed by atoms with Gasteiger partial charge in [0, 0.05) is 31.7 Å². The molecule has 2 unspecified atom stereocenters. The lowest BCUT2D eigenvalue weighted by Gasteiger charge is -2.24. The third-order valence-corrected chi connectivity index (χ3v) is 4.82. The first-order valence-electron chi connectivity index (χ1n) is 9.45. The molecule has 0 aromatic heterocycles. The lowest BCUT2D eigenvalue weighted by Crippen LogP contribution is -2.50. The number of amides is 2. The summed E-state index contributed by atoms with van der Waals surface area (Å²) in [5, 5.41) is 6.06. The third kappa shape index (κ3) is 4.32. The Morgan fingerprint density at radius 3 is 2.57 bits per heavy atom. The van der Waals surface area contributed by atoms with Crippen LogP contribution in [0.5, 0.6) is 11.5 Å². The van der Waals surface area contributed by atoms with Crippen LogP contribution in [0.2, 0.25) is 0 Å². The molecule has 7 heteroatoms. The topological polar surface area (TPSA) is 79.9 Å². The molecule has 0 bridgehead atoms. The van der Waals surface area contributed by atoms with Crippen molar-refractivity contribution in [2.24, 2.45) is 0 Å². The van der Waals surface area contributed by atoms with Gasteiger partial charge in [-0.1, -0.05) is 18.2 Å². The van der Waals surface area contributed by atoms with Crippen LogP contribution in [0.25, 0.3) is 0 Å². The number of carbonyl (C=O) groups excluding carboxylic acids is 2. The summed E-state index contributed by atoms with van der Waals surface area (Å²) in [5.74, 6) is 1.28. The maximum Gasteiger partial charge on any atom is 0.250 e. The smallest absolute Gasteiger partial charge is 0.250 e. The van der Waals surface area contributed by atoms with Crippen LogP contribution in [0.4, 0.5) is 5.69 Å². The Labute approximate surface area is 163 Å². The molecule has 0 aliphatic carbocycles. The number of anilines is 1. The molecular weight excluding hydrogens is 358 g/mol. The molecule has 2 heterocycles. The van der Waals surface area contributed by atoms with Crippen LogP contribution < -0.4 is 20.3 Å². The maximum absolute atomic E-state index is 12.4. The van der Waals surface area contributed by atoms with Crippen molar-refractivity contribution >= 4 is 17.5 Å². The first kappa shape index (κ1) is 18.5. The number of nitrogens with one attached hydrogen (secondary N) is 2. The lowest BCUT2D eigenvalue weighted by atomic mass is 10.2. The lowest BCUT2D eigenvalue weighted by molar-refractivity contribution is -0.134. The highest BCUT2D eigenvalue weighted by Crippen LogP contribution is 2.27. The molecule has 2 fully saturated rings. The largest absolute Gasteiger partial charge is 0.457 e. The predicted molar refractivity (Wildman–Crippen MR) is 104 cm³/mol. The van der Waals surface area contributed by atoms with Crippen LogP contribution >= 0.6 is 0 Å². The first-order chi connectivity index (χ1) is 13.7. The van der Waals surface area contributed by atoms with Crippen molar-refractivity contribution in [1.82, 2.24) is 10.6 Å². The zero-order valence-corrected chi connectivity index (χ0v) is 15.5. The number of morpholine rings is 1. The van der Waals surface area contributed by atoms with Gasteiger partial charge in [-0.15, -0.1) is 0 Å². The quantitative estimate of drug-likeness (QED) is 0.824. The van der Waals surface area contributed by atoms with E-state index in [-0.39, 0.29) is 24.3 Å². The van der Waals surface area contributed by atoms with Gasteiger partial charge >= 0.3 is 0 Å². The van der Waals surface area contributed by atoms with Gasteiger partial charge in [0.2, 0.25) is 5.91 Å². The number of hydrogen-bond acceptors (Lipinski definition) is 5. The summed E-state index contributed by atoms with van der Waals surface area (Å²) in [6, 6.07) is 16.7. The number of carbonyl (C=O) groups is 2. The number of ether oxygens (including phenoxy) is 2. The average Bonchev–Trinajstić information content (AvgIpc) is 3.10. The Morgan fingerprint density at radius 2 is 1.86 bits per heavy atom. The van der Waals surface area contributed by atoms with E-state index < -0.39 is 6.10 Å². The molecule has 28 heavy (non-hydrogen) atoms. The van der Waals surface area contributed by atoms with Crippen LogP contribution in [0.1, 0.15) is 6.42 Å². The minimum absolute atomic E-state index is 0.00952. The van der Waals surface area contributed by atoms with Crippen LogP contribution in [0, 0.1) is 0 Å². The second kappa shape index (κ2) is 8.41. The Balaban J connectivity index is 1.35. The molecule has 0 saturated carbocycles. The summed E-state index contributed by atoms with van der Waals surface area (Å²) in [6.07, 6.45) is -0.207. The Kier molecular flexibility index (Phi) is 5.55. The summed E-state index contributed by atoms with van der Waals surface area (Å²) in [5.41, 5.74) is 0.790. The van der Waals surface area contributed by atoms with Crippen molar-refractivity contribution in [3.8, 4) is 11.5 Å². The minimum atomic E-state index is -0.493. The first-order valence-corrected chi connectivity index (χ1v) is 9.45. The van der Waals surface area contributed by atoms with Gasteiger partial charge in [-0.05, 0) is 36.4 Å². The van der Waals surface area contributed by atoms with E-state index in [2.05, 4.69) is 10.6 Å². The van der Waals surface area contributed by atoms with E-state index in [9.17, 15) is 9.59 Å². The monoisotopic (exact) mass is 381 g/mol. The fourth-order valence-corrected chi connectivity index (χ4v) is 3.40. The second-order valence-electron chi connectivity index (χ2n) is 6.89. The molecule has 2 aromatic rings. The third-order valence-electron chi connectivity index (χ3n) is 4.82. The molecular formula is C21H23N3O4.